The number of halogens is 3. The quantitative estimate of drug-likeness (QED) is 0.710. The zero-order valence-corrected chi connectivity index (χ0v) is 9.17. The summed E-state index contributed by atoms with van der Waals surface area (Å²) in [7, 11) is 0. The molecule has 0 saturated carbocycles. The molecule has 0 amide bonds. The van der Waals surface area contributed by atoms with Crippen LogP contribution >= 0.6 is 0 Å². The summed E-state index contributed by atoms with van der Waals surface area (Å²) in [4.78, 5) is 10.6. The van der Waals surface area contributed by atoms with Gasteiger partial charge in [-0.1, -0.05) is 12.1 Å². The largest absolute Gasteiger partial charge is 0.421 e. The van der Waals surface area contributed by atoms with Crippen LogP contribution in [0.4, 0.5) is 13.2 Å². The Morgan fingerprint density at radius 3 is 2.71 bits per heavy atom. The van der Waals surface area contributed by atoms with Gasteiger partial charge in [0, 0.05) is 5.56 Å². The van der Waals surface area contributed by atoms with E-state index < -0.39 is 11.8 Å². The normalized spacial score (nSPS) is 24.2. The van der Waals surface area contributed by atoms with Gasteiger partial charge in [0.15, 0.2) is 5.60 Å². The number of aldehydes is 1. The van der Waals surface area contributed by atoms with E-state index in [2.05, 4.69) is 0 Å². The van der Waals surface area contributed by atoms with Crippen molar-refractivity contribution in [2.24, 2.45) is 0 Å². The zero-order chi connectivity index (χ0) is 12.7. The lowest BCUT2D eigenvalue weighted by atomic mass is 9.86. The van der Waals surface area contributed by atoms with Crippen molar-refractivity contribution in [3.8, 4) is 0 Å². The van der Waals surface area contributed by atoms with Crippen LogP contribution < -0.4 is 0 Å². The van der Waals surface area contributed by atoms with Crippen molar-refractivity contribution in [1.82, 2.24) is 0 Å². The van der Waals surface area contributed by atoms with E-state index >= 15 is 0 Å². The SMILES string of the molecule is CC1(C(F)(F)F)OCCc2ccc(C=O)cc21. The number of rotatable bonds is 1. The predicted molar refractivity (Wildman–Crippen MR) is 54.9 cm³/mol. The first kappa shape index (κ1) is 12.1. The minimum atomic E-state index is -4.50. The van der Waals surface area contributed by atoms with Gasteiger partial charge in [0.1, 0.15) is 6.29 Å². The summed E-state index contributed by atoms with van der Waals surface area (Å²) >= 11 is 0. The lowest BCUT2D eigenvalue weighted by molar-refractivity contribution is -0.281. The summed E-state index contributed by atoms with van der Waals surface area (Å²) in [5.41, 5.74) is -1.47. The molecule has 17 heavy (non-hydrogen) atoms. The highest BCUT2D eigenvalue weighted by molar-refractivity contribution is 5.75. The Balaban J connectivity index is 2.60. The Labute approximate surface area is 96.4 Å². The molecule has 0 radical (unpaired) electrons. The van der Waals surface area contributed by atoms with Crippen LogP contribution in [0.2, 0.25) is 0 Å². The monoisotopic (exact) mass is 244 g/mol. The lowest BCUT2D eigenvalue weighted by Gasteiger charge is -2.37. The first-order chi connectivity index (χ1) is 7.88. The van der Waals surface area contributed by atoms with Crippen molar-refractivity contribution in [2.75, 3.05) is 6.61 Å². The highest BCUT2D eigenvalue weighted by Crippen LogP contribution is 2.45. The molecule has 0 spiro atoms. The van der Waals surface area contributed by atoms with Crippen molar-refractivity contribution in [1.29, 1.82) is 0 Å². The van der Waals surface area contributed by atoms with Gasteiger partial charge in [0.25, 0.3) is 0 Å². The molecule has 2 nitrogen and oxygen atoms in total. The number of alkyl halides is 3. The molecule has 1 aromatic rings. The Morgan fingerprint density at radius 1 is 1.41 bits per heavy atom. The second-order valence-electron chi connectivity index (χ2n) is 4.16. The maximum absolute atomic E-state index is 13.0. The molecule has 0 N–H and O–H groups in total. The van der Waals surface area contributed by atoms with Gasteiger partial charge in [-0.15, -0.1) is 0 Å². The number of benzene rings is 1. The summed E-state index contributed by atoms with van der Waals surface area (Å²) in [6.07, 6.45) is -3.53. The third-order valence-electron chi connectivity index (χ3n) is 3.09. The molecule has 1 heterocycles. The van der Waals surface area contributed by atoms with E-state index in [9.17, 15) is 18.0 Å². The van der Waals surface area contributed by atoms with Crippen molar-refractivity contribution >= 4 is 6.29 Å². The van der Waals surface area contributed by atoms with Crippen molar-refractivity contribution in [2.45, 2.75) is 25.1 Å². The fourth-order valence-corrected chi connectivity index (χ4v) is 2.01. The molecular weight excluding hydrogens is 233 g/mol. The Kier molecular flexibility index (Phi) is 2.73. The summed E-state index contributed by atoms with van der Waals surface area (Å²) in [5, 5.41) is 0. The van der Waals surface area contributed by atoms with Gasteiger partial charge in [0.2, 0.25) is 0 Å². The predicted octanol–water partition coefficient (Wildman–Crippen LogP) is 2.85. The maximum atomic E-state index is 13.0. The van der Waals surface area contributed by atoms with Gasteiger partial charge in [-0.25, -0.2) is 0 Å². The molecule has 2 rings (SSSR count). The van der Waals surface area contributed by atoms with Crippen LogP contribution in [0.3, 0.4) is 0 Å². The van der Waals surface area contributed by atoms with Crippen molar-refractivity contribution in [3.63, 3.8) is 0 Å². The molecule has 92 valence electrons. The number of ether oxygens (including phenoxy) is 1. The molecule has 1 aliphatic rings. The molecule has 0 saturated heterocycles. The van der Waals surface area contributed by atoms with Gasteiger partial charge in [0.05, 0.1) is 6.61 Å². The molecule has 1 aromatic carbocycles. The van der Waals surface area contributed by atoms with E-state index in [4.69, 9.17) is 4.74 Å². The second kappa shape index (κ2) is 3.84. The van der Waals surface area contributed by atoms with E-state index in [1.165, 1.54) is 12.1 Å². The number of carbonyl (C=O) groups excluding carboxylic acids is 1. The second-order valence-corrected chi connectivity index (χ2v) is 4.16. The van der Waals surface area contributed by atoms with E-state index in [-0.39, 0.29) is 17.7 Å². The maximum Gasteiger partial charge on any atom is 0.421 e. The summed E-state index contributed by atoms with van der Waals surface area (Å²) < 4.78 is 44.0. The van der Waals surface area contributed by atoms with Crippen LogP contribution in [-0.4, -0.2) is 19.1 Å². The first-order valence-electron chi connectivity index (χ1n) is 5.18. The molecule has 0 aromatic heterocycles. The molecule has 1 unspecified atom stereocenters. The highest BCUT2D eigenvalue weighted by atomic mass is 19.4. The molecule has 0 aliphatic carbocycles. The summed E-state index contributed by atoms with van der Waals surface area (Å²) in [6, 6.07) is 4.34. The van der Waals surface area contributed by atoms with Crippen LogP contribution in [-0.2, 0) is 16.8 Å². The highest BCUT2D eigenvalue weighted by Gasteiger charge is 2.55. The van der Waals surface area contributed by atoms with Gasteiger partial charge in [-0.2, -0.15) is 13.2 Å². The number of hydrogen-bond donors (Lipinski definition) is 0. The van der Waals surface area contributed by atoms with E-state index in [0.29, 0.717) is 18.3 Å². The number of hydrogen-bond acceptors (Lipinski definition) is 2. The third kappa shape index (κ3) is 1.84. The van der Waals surface area contributed by atoms with Crippen LogP contribution in [0.25, 0.3) is 0 Å². The molecule has 1 atom stereocenters. The molecule has 0 bridgehead atoms. The average molecular weight is 244 g/mol. The third-order valence-corrected chi connectivity index (χ3v) is 3.09. The average Bonchev–Trinajstić information content (AvgIpc) is 2.28. The van der Waals surface area contributed by atoms with E-state index in [1.54, 1.807) is 6.07 Å². The molecular formula is C12H11F3O2. The first-order valence-corrected chi connectivity index (χ1v) is 5.18. The van der Waals surface area contributed by atoms with Crippen LogP contribution in [0.5, 0.6) is 0 Å². The topological polar surface area (TPSA) is 26.3 Å². The van der Waals surface area contributed by atoms with E-state index in [0.717, 1.165) is 6.92 Å². The van der Waals surface area contributed by atoms with Gasteiger partial charge in [-0.3, -0.25) is 4.79 Å². The van der Waals surface area contributed by atoms with Gasteiger partial charge < -0.3 is 4.74 Å². The Morgan fingerprint density at radius 2 is 2.12 bits per heavy atom. The minimum Gasteiger partial charge on any atom is -0.361 e. The van der Waals surface area contributed by atoms with Crippen molar-refractivity contribution in [3.05, 3.63) is 34.9 Å². The lowest BCUT2D eigenvalue weighted by Crippen LogP contribution is -2.45. The summed E-state index contributed by atoms with van der Waals surface area (Å²) in [5.74, 6) is 0. The van der Waals surface area contributed by atoms with E-state index in [1.807, 2.05) is 0 Å². The Hall–Kier alpha value is -1.36. The fraction of sp³-hybridized carbons (Fsp3) is 0.417. The van der Waals surface area contributed by atoms with Crippen LogP contribution in [0.1, 0.15) is 28.4 Å². The Bertz CT molecular complexity index is 454. The fourth-order valence-electron chi connectivity index (χ4n) is 2.01. The number of carbonyl (C=O) groups is 1. The molecule has 5 heteroatoms. The van der Waals surface area contributed by atoms with Crippen LogP contribution in [0.15, 0.2) is 18.2 Å². The minimum absolute atomic E-state index is 0.0312. The zero-order valence-electron chi connectivity index (χ0n) is 9.17. The number of fused-ring (bicyclic) bond motifs is 1. The van der Waals surface area contributed by atoms with Crippen molar-refractivity contribution < 1.29 is 22.7 Å². The standard InChI is InChI=1S/C12H11F3O2/c1-11(12(13,14)15)10-6-8(7-16)2-3-9(10)4-5-17-11/h2-3,6-7H,4-5H2,1H3. The van der Waals surface area contributed by atoms with Crippen LogP contribution in [0, 0.1) is 0 Å². The molecule has 1 aliphatic heterocycles. The smallest absolute Gasteiger partial charge is 0.361 e. The summed E-state index contributed by atoms with van der Waals surface area (Å²) in [6.45, 7) is 1.03. The van der Waals surface area contributed by atoms with Gasteiger partial charge in [-0.05, 0) is 30.5 Å². The molecule has 0 fully saturated rings. The van der Waals surface area contributed by atoms with Gasteiger partial charge >= 0.3 is 6.18 Å².